The third-order valence-electron chi connectivity index (χ3n) is 2.67. The summed E-state index contributed by atoms with van der Waals surface area (Å²) in [5.41, 5.74) is 3.32. The monoisotopic (exact) mass is 288 g/mol. The third-order valence-corrected chi connectivity index (χ3v) is 3.48. The lowest BCUT2D eigenvalue weighted by Gasteiger charge is -2.07. The second kappa shape index (κ2) is 6.81. The van der Waals surface area contributed by atoms with Crippen molar-refractivity contribution in [3.8, 4) is 0 Å². The van der Waals surface area contributed by atoms with E-state index in [9.17, 15) is 0 Å². The van der Waals surface area contributed by atoms with Crippen LogP contribution in [0.5, 0.6) is 0 Å². The predicted molar refractivity (Wildman–Crippen MR) is 81.8 cm³/mol. The molecule has 0 aliphatic rings. The number of nitrogens with one attached hydrogen (secondary N) is 1. The van der Waals surface area contributed by atoms with Crippen LogP contribution < -0.4 is 5.32 Å². The van der Waals surface area contributed by atoms with E-state index >= 15 is 0 Å². The molecule has 0 spiro atoms. The van der Waals surface area contributed by atoms with Gasteiger partial charge in [0, 0.05) is 36.2 Å². The number of pyridine rings is 1. The predicted octanol–water partition coefficient (Wildman–Crippen LogP) is 3.14. The highest BCUT2D eigenvalue weighted by Crippen LogP contribution is 2.23. The van der Waals surface area contributed by atoms with Crippen molar-refractivity contribution < 1.29 is 0 Å². The van der Waals surface area contributed by atoms with Crippen molar-refractivity contribution >= 4 is 11.8 Å². The molecule has 0 fully saturated rings. The summed E-state index contributed by atoms with van der Waals surface area (Å²) in [5.74, 6) is 0. The summed E-state index contributed by atoms with van der Waals surface area (Å²) < 4.78 is 0. The highest BCUT2D eigenvalue weighted by molar-refractivity contribution is 7.99. The lowest BCUT2D eigenvalue weighted by molar-refractivity contribution is 0.585. The highest BCUT2D eigenvalue weighted by Gasteiger charge is 2.04. The Morgan fingerprint density at radius 3 is 2.45 bits per heavy atom. The first-order valence-corrected chi connectivity index (χ1v) is 7.52. The van der Waals surface area contributed by atoms with Gasteiger partial charge in [0.1, 0.15) is 5.03 Å². The molecule has 0 radical (unpaired) electrons. The molecule has 2 aromatic heterocycles. The van der Waals surface area contributed by atoms with Gasteiger partial charge in [0.15, 0.2) is 5.16 Å². The fourth-order valence-corrected chi connectivity index (χ4v) is 2.59. The molecule has 20 heavy (non-hydrogen) atoms. The Balaban J connectivity index is 2.03. The van der Waals surface area contributed by atoms with Crippen molar-refractivity contribution in [1.29, 1.82) is 0 Å². The van der Waals surface area contributed by atoms with E-state index in [1.54, 1.807) is 0 Å². The van der Waals surface area contributed by atoms with E-state index in [0.717, 1.165) is 28.0 Å². The van der Waals surface area contributed by atoms with E-state index in [1.807, 2.05) is 19.3 Å². The Bertz CT molecular complexity index is 546. The van der Waals surface area contributed by atoms with E-state index in [-0.39, 0.29) is 0 Å². The molecule has 2 heterocycles. The zero-order valence-electron chi connectivity index (χ0n) is 12.3. The van der Waals surface area contributed by atoms with Gasteiger partial charge in [0.05, 0.1) is 0 Å². The quantitative estimate of drug-likeness (QED) is 0.857. The Hall–Kier alpha value is -1.46. The van der Waals surface area contributed by atoms with Crippen LogP contribution in [0.2, 0.25) is 0 Å². The van der Waals surface area contributed by atoms with Crippen molar-refractivity contribution in [3.63, 3.8) is 0 Å². The van der Waals surface area contributed by atoms with Crippen LogP contribution in [0.1, 0.15) is 30.7 Å². The minimum absolute atomic E-state index is 0.462. The lowest BCUT2D eigenvalue weighted by atomic mass is 10.3. The number of aryl methyl sites for hydroxylation is 2. The summed E-state index contributed by atoms with van der Waals surface area (Å²) in [5, 5.41) is 5.02. The van der Waals surface area contributed by atoms with E-state index in [4.69, 9.17) is 0 Å². The van der Waals surface area contributed by atoms with Crippen LogP contribution in [0.3, 0.4) is 0 Å². The van der Waals surface area contributed by atoms with Gasteiger partial charge in [-0.25, -0.2) is 15.0 Å². The summed E-state index contributed by atoms with van der Waals surface area (Å²) >= 11 is 1.50. The Labute approximate surface area is 124 Å². The smallest absolute Gasteiger partial charge is 0.193 e. The van der Waals surface area contributed by atoms with Gasteiger partial charge in [-0.05, 0) is 43.3 Å². The topological polar surface area (TPSA) is 50.7 Å². The second-order valence-corrected chi connectivity index (χ2v) is 6.12. The van der Waals surface area contributed by atoms with Crippen LogP contribution in [0.25, 0.3) is 0 Å². The van der Waals surface area contributed by atoms with Gasteiger partial charge < -0.3 is 5.32 Å². The van der Waals surface area contributed by atoms with Crippen LogP contribution >= 0.6 is 11.8 Å². The molecule has 0 amide bonds. The lowest BCUT2D eigenvalue weighted by Crippen LogP contribution is -2.21. The molecule has 2 rings (SSSR count). The molecule has 106 valence electrons. The van der Waals surface area contributed by atoms with Crippen LogP contribution in [-0.2, 0) is 6.54 Å². The fourth-order valence-electron chi connectivity index (χ4n) is 1.76. The maximum absolute atomic E-state index is 4.48. The Morgan fingerprint density at radius 2 is 1.85 bits per heavy atom. The first-order valence-electron chi connectivity index (χ1n) is 6.70. The molecule has 0 aromatic carbocycles. The van der Waals surface area contributed by atoms with Gasteiger partial charge in [-0.3, -0.25) is 0 Å². The van der Waals surface area contributed by atoms with Crippen molar-refractivity contribution in [1.82, 2.24) is 20.3 Å². The highest BCUT2D eigenvalue weighted by atomic mass is 32.2. The van der Waals surface area contributed by atoms with Crippen LogP contribution in [0.4, 0.5) is 0 Å². The number of nitrogens with zero attached hydrogens (tertiary/aromatic N) is 3. The molecule has 0 saturated heterocycles. The molecular weight excluding hydrogens is 268 g/mol. The minimum atomic E-state index is 0.462. The van der Waals surface area contributed by atoms with Crippen molar-refractivity contribution in [2.45, 2.75) is 50.5 Å². The van der Waals surface area contributed by atoms with Gasteiger partial charge in [-0.1, -0.05) is 13.8 Å². The molecule has 1 N–H and O–H groups in total. The van der Waals surface area contributed by atoms with E-state index in [0.29, 0.717) is 6.04 Å². The van der Waals surface area contributed by atoms with Gasteiger partial charge >= 0.3 is 0 Å². The first-order chi connectivity index (χ1) is 9.52. The number of hydrogen-bond donors (Lipinski definition) is 1. The summed E-state index contributed by atoms with van der Waals surface area (Å²) in [4.78, 5) is 13.2. The van der Waals surface area contributed by atoms with Gasteiger partial charge in [0.2, 0.25) is 0 Å². The molecule has 4 nitrogen and oxygen atoms in total. The zero-order chi connectivity index (χ0) is 14.5. The molecule has 5 heteroatoms. The molecule has 0 aliphatic heterocycles. The van der Waals surface area contributed by atoms with E-state index in [1.165, 1.54) is 17.3 Å². The maximum Gasteiger partial charge on any atom is 0.193 e. The Morgan fingerprint density at radius 1 is 1.15 bits per heavy atom. The normalized spacial score (nSPS) is 11.1. The van der Waals surface area contributed by atoms with Crippen LogP contribution in [0, 0.1) is 13.8 Å². The standard InChI is InChI=1S/C15H20N4S/c1-10(2)16-7-13-8-17-15(18-9-13)20-14-6-11(3)5-12(4)19-14/h5-6,8-10,16H,7H2,1-4H3. The van der Waals surface area contributed by atoms with Gasteiger partial charge in [-0.15, -0.1) is 0 Å². The van der Waals surface area contributed by atoms with Crippen LogP contribution in [-0.4, -0.2) is 21.0 Å². The zero-order valence-corrected chi connectivity index (χ0v) is 13.2. The number of hydrogen-bond acceptors (Lipinski definition) is 5. The summed E-state index contributed by atoms with van der Waals surface area (Å²) in [6, 6.07) is 4.57. The summed E-state index contributed by atoms with van der Waals surface area (Å²) in [6.45, 7) is 9.11. The molecule has 0 aliphatic carbocycles. The molecule has 2 aromatic rings. The van der Waals surface area contributed by atoms with E-state index in [2.05, 4.69) is 53.2 Å². The Kier molecular flexibility index (Phi) is 5.09. The molecule has 0 unspecified atom stereocenters. The average molecular weight is 288 g/mol. The van der Waals surface area contributed by atoms with Gasteiger partial charge in [0.25, 0.3) is 0 Å². The van der Waals surface area contributed by atoms with Crippen molar-refractivity contribution in [2.75, 3.05) is 0 Å². The van der Waals surface area contributed by atoms with Crippen molar-refractivity contribution in [3.05, 3.63) is 41.3 Å². The SMILES string of the molecule is Cc1cc(C)nc(Sc2ncc(CNC(C)C)cn2)c1. The summed E-state index contributed by atoms with van der Waals surface area (Å²) in [6.07, 6.45) is 3.74. The number of aromatic nitrogens is 3. The number of rotatable bonds is 5. The van der Waals surface area contributed by atoms with Crippen molar-refractivity contribution in [2.24, 2.45) is 0 Å². The maximum atomic E-state index is 4.48. The summed E-state index contributed by atoms with van der Waals surface area (Å²) in [7, 11) is 0. The third kappa shape index (κ3) is 4.58. The van der Waals surface area contributed by atoms with Crippen LogP contribution in [0.15, 0.2) is 34.7 Å². The second-order valence-electron chi connectivity index (χ2n) is 5.14. The molecule has 0 atom stereocenters. The minimum Gasteiger partial charge on any atom is -0.310 e. The molecule has 0 saturated carbocycles. The molecular formula is C15H20N4S. The molecule has 0 bridgehead atoms. The first kappa shape index (κ1) is 14.9. The average Bonchev–Trinajstić information content (AvgIpc) is 2.36. The fraction of sp³-hybridized carbons (Fsp3) is 0.400. The largest absolute Gasteiger partial charge is 0.310 e. The van der Waals surface area contributed by atoms with E-state index < -0.39 is 0 Å². The van der Waals surface area contributed by atoms with Gasteiger partial charge in [-0.2, -0.15) is 0 Å².